The SMILES string of the molecule is CS(=O)(=O)[C@@H](Cl)[C@@H](O)c1ccccc1F. The number of aliphatic hydroxyl groups is 1. The van der Waals surface area contributed by atoms with Gasteiger partial charge in [-0.25, -0.2) is 12.8 Å². The summed E-state index contributed by atoms with van der Waals surface area (Å²) in [4.78, 5) is 0. The predicted molar refractivity (Wildman–Crippen MR) is 55.8 cm³/mol. The third kappa shape index (κ3) is 2.90. The van der Waals surface area contributed by atoms with Gasteiger partial charge in [0.25, 0.3) is 0 Å². The van der Waals surface area contributed by atoms with E-state index in [2.05, 4.69) is 0 Å². The van der Waals surface area contributed by atoms with Crippen LogP contribution in [-0.4, -0.2) is 24.5 Å². The van der Waals surface area contributed by atoms with Crippen molar-refractivity contribution in [1.29, 1.82) is 0 Å². The van der Waals surface area contributed by atoms with E-state index in [0.29, 0.717) is 0 Å². The molecule has 0 aromatic heterocycles. The van der Waals surface area contributed by atoms with Gasteiger partial charge < -0.3 is 5.11 Å². The Labute approximate surface area is 92.4 Å². The molecule has 84 valence electrons. The Bertz CT molecular complexity index is 446. The van der Waals surface area contributed by atoms with Crippen molar-refractivity contribution in [3.63, 3.8) is 0 Å². The number of alkyl halides is 1. The van der Waals surface area contributed by atoms with Crippen molar-refractivity contribution < 1.29 is 17.9 Å². The lowest BCUT2D eigenvalue weighted by atomic mass is 10.1. The predicted octanol–water partition coefficient (Wildman–Crippen LogP) is 1.47. The fourth-order valence-electron chi connectivity index (χ4n) is 1.09. The molecule has 0 spiro atoms. The molecule has 1 aromatic carbocycles. The van der Waals surface area contributed by atoms with Gasteiger partial charge in [0.2, 0.25) is 0 Å². The molecule has 0 saturated carbocycles. The van der Waals surface area contributed by atoms with Crippen LogP contribution in [0.3, 0.4) is 0 Å². The fourth-order valence-corrected chi connectivity index (χ4v) is 1.84. The Morgan fingerprint density at radius 2 is 1.93 bits per heavy atom. The zero-order chi connectivity index (χ0) is 11.6. The molecule has 0 fully saturated rings. The van der Waals surface area contributed by atoms with Gasteiger partial charge in [-0.15, -0.1) is 11.6 Å². The molecule has 15 heavy (non-hydrogen) atoms. The summed E-state index contributed by atoms with van der Waals surface area (Å²) in [6.07, 6.45) is -0.683. The van der Waals surface area contributed by atoms with Crippen LogP contribution >= 0.6 is 11.6 Å². The summed E-state index contributed by atoms with van der Waals surface area (Å²) in [6, 6.07) is 5.35. The number of halogens is 2. The molecular weight excluding hydrogens is 243 g/mol. The van der Waals surface area contributed by atoms with Crippen molar-refractivity contribution in [3.8, 4) is 0 Å². The zero-order valence-electron chi connectivity index (χ0n) is 7.89. The molecular formula is C9H10ClFO3S. The van der Waals surface area contributed by atoms with E-state index < -0.39 is 26.5 Å². The van der Waals surface area contributed by atoms with Crippen molar-refractivity contribution in [2.24, 2.45) is 0 Å². The van der Waals surface area contributed by atoms with Gasteiger partial charge in [-0.2, -0.15) is 0 Å². The summed E-state index contributed by atoms with van der Waals surface area (Å²) < 4.78 is 33.7. The van der Waals surface area contributed by atoms with E-state index in [4.69, 9.17) is 11.6 Å². The van der Waals surface area contributed by atoms with Crippen LogP contribution in [-0.2, 0) is 9.84 Å². The van der Waals surface area contributed by atoms with Gasteiger partial charge in [-0.3, -0.25) is 0 Å². The van der Waals surface area contributed by atoms with Crippen LogP contribution in [0.15, 0.2) is 24.3 Å². The Balaban J connectivity index is 3.06. The van der Waals surface area contributed by atoms with Gasteiger partial charge in [-0.1, -0.05) is 18.2 Å². The molecule has 3 nitrogen and oxygen atoms in total. The quantitative estimate of drug-likeness (QED) is 0.829. The number of rotatable bonds is 3. The Morgan fingerprint density at radius 3 is 2.40 bits per heavy atom. The first kappa shape index (κ1) is 12.4. The summed E-state index contributed by atoms with van der Waals surface area (Å²) >= 11 is 5.51. The third-order valence-electron chi connectivity index (χ3n) is 1.88. The maximum Gasteiger partial charge on any atom is 0.167 e. The molecule has 0 amide bonds. The van der Waals surface area contributed by atoms with E-state index >= 15 is 0 Å². The lowest BCUT2D eigenvalue weighted by molar-refractivity contribution is 0.187. The fraction of sp³-hybridized carbons (Fsp3) is 0.333. The molecule has 0 bridgehead atoms. The molecule has 0 saturated heterocycles. The summed E-state index contributed by atoms with van der Waals surface area (Å²) in [5.74, 6) is -0.681. The van der Waals surface area contributed by atoms with E-state index in [0.717, 1.165) is 12.3 Å². The first-order valence-electron chi connectivity index (χ1n) is 4.09. The average molecular weight is 253 g/mol. The lowest BCUT2D eigenvalue weighted by Gasteiger charge is -2.15. The minimum Gasteiger partial charge on any atom is -0.386 e. The Kier molecular flexibility index (Phi) is 3.70. The van der Waals surface area contributed by atoms with E-state index in [9.17, 15) is 17.9 Å². The molecule has 6 heteroatoms. The molecule has 0 aliphatic rings. The van der Waals surface area contributed by atoms with Crippen LogP contribution in [0.2, 0.25) is 0 Å². The second kappa shape index (κ2) is 4.47. The van der Waals surface area contributed by atoms with Gasteiger partial charge in [-0.05, 0) is 6.07 Å². The van der Waals surface area contributed by atoms with Crippen LogP contribution in [0.4, 0.5) is 4.39 Å². The smallest absolute Gasteiger partial charge is 0.167 e. The minimum atomic E-state index is -3.62. The lowest BCUT2D eigenvalue weighted by Crippen LogP contribution is -2.22. The molecule has 1 aromatic rings. The molecule has 2 atom stereocenters. The van der Waals surface area contributed by atoms with Crippen molar-refractivity contribution in [2.45, 2.75) is 10.8 Å². The molecule has 1 rings (SSSR count). The second-order valence-electron chi connectivity index (χ2n) is 3.15. The highest BCUT2D eigenvalue weighted by Crippen LogP contribution is 2.26. The normalized spacial score (nSPS) is 16.0. The van der Waals surface area contributed by atoms with Crippen LogP contribution in [0.5, 0.6) is 0 Å². The summed E-state index contributed by atoms with van der Waals surface area (Å²) in [7, 11) is -3.62. The standard InChI is InChI=1S/C9H10ClFO3S/c1-15(13,14)9(10)8(12)6-4-2-3-5-7(6)11/h2-5,8-9,12H,1H3/t8-,9+/m0/s1. The van der Waals surface area contributed by atoms with Gasteiger partial charge in [0, 0.05) is 11.8 Å². The summed E-state index contributed by atoms with van der Waals surface area (Å²) in [5.41, 5.74) is -0.122. The highest BCUT2D eigenvalue weighted by atomic mass is 35.5. The minimum absolute atomic E-state index is 0.122. The van der Waals surface area contributed by atoms with Gasteiger partial charge >= 0.3 is 0 Å². The number of sulfone groups is 1. The Hall–Kier alpha value is -0.650. The maximum absolute atomic E-state index is 13.2. The van der Waals surface area contributed by atoms with Gasteiger partial charge in [0.05, 0.1) is 0 Å². The van der Waals surface area contributed by atoms with Gasteiger partial charge in [0.1, 0.15) is 11.9 Å². The Morgan fingerprint density at radius 1 is 1.40 bits per heavy atom. The van der Waals surface area contributed by atoms with Crippen LogP contribution < -0.4 is 0 Å². The topological polar surface area (TPSA) is 54.4 Å². The molecule has 0 heterocycles. The zero-order valence-corrected chi connectivity index (χ0v) is 9.46. The summed E-state index contributed by atoms with van der Waals surface area (Å²) in [6.45, 7) is 0. The van der Waals surface area contributed by atoms with Crippen molar-refractivity contribution >= 4 is 21.4 Å². The average Bonchev–Trinajstić information content (AvgIpc) is 2.15. The largest absolute Gasteiger partial charge is 0.386 e. The number of aliphatic hydroxyl groups excluding tert-OH is 1. The second-order valence-corrected chi connectivity index (χ2v) is 6.04. The van der Waals surface area contributed by atoms with Crippen molar-refractivity contribution in [2.75, 3.05) is 6.26 Å². The number of hydrogen-bond donors (Lipinski definition) is 1. The first-order valence-corrected chi connectivity index (χ1v) is 6.48. The molecule has 0 unspecified atom stereocenters. The molecule has 1 N–H and O–H groups in total. The monoisotopic (exact) mass is 252 g/mol. The first-order chi connectivity index (χ1) is 6.84. The van der Waals surface area contributed by atoms with E-state index in [-0.39, 0.29) is 5.56 Å². The van der Waals surface area contributed by atoms with Crippen LogP contribution in [0, 0.1) is 5.82 Å². The molecule has 0 radical (unpaired) electrons. The highest BCUT2D eigenvalue weighted by Gasteiger charge is 2.29. The maximum atomic E-state index is 13.2. The van der Waals surface area contributed by atoms with Crippen LogP contribution in [0.1, 0.15) is 11.7 Å². The van der Waals surface area contributed by atoms with Crippen LogP contribution in [0.25, 0.3) is 0 Å². The van der Waals surface area contributed by atoms with Crippen molar-refractivity contribution in [3.05, 3.63) is 35.6 Å². The van der Waals surface area contributed by atoms with Crippen molar-refractivity contribution in [1.82, 2.24) is 0 Å². The van der Waals surface area contributed by atoms with E-state index in [1.807, 2.05) is 0 Å². The summed E-state index contributed by atoms with van der Waals surface area (Å²) in [5, 5.41) is 9.55. The highest BCUT2D eigenvalue weighted by molar-refractivity contribution is 7.92. The number of hydrogen-bond acceptors (Lipinski definition) is 3. The molecule has 0 aliphatic carbocycles. The number of benzene rings is 1. The van der Waals surface area contributed by atoms with Gasteiger partial charge in [0.15, 0.2) is 14.5 Å². The van der Waals surface area contributed by atoms with E-state index in [1.165, 1.54) is 18.2 Å². The van der Waals surface area contributed by atoms with E-state index in [1.54, 1.807) is 0 Å². The molecule has 0 aliphatic heterocycles. The third-order valence-corrected chi connectivity index (χ3v) is 4.17.